The fourth-order valence-electron chi connectivity index (χ4n) is 2.13. The Balaban J connectivity index is 0.00000200. The third-order valence-electron chi connectivity index (χ3n) is 3.08. The van der Waals surface area contributed by atoms with Gasteiger partial charge in [0.1, 0.15) is 5.75 Å². The molecule has 0 saturated carbocycles. The molecule has 1 aliphatic rings. The Hall–Kier alpha value is -1.01. The van der Waals surface area contributed by atoms with E-state index in [4.69, 9.17) is 0 Å². The van der Waals surface area contributed by atoms with E-state index in [1.807, 2.05) is 0 Å². The van der Waals surface area contributed by atoms with Crippen molar-refractivity contribution in [3.63, 3.8) is 0 Å². The molecule has 2 rings (SSSR count). The first-order valence-electron chi connectivity index (χ1n) is 6.17. The van der Waals surface area contributed by atoms with E-state index >= 15 is 0 Å². The number of rotatable bonds is 4. The third-order valence-corrected chi connectivity index (χ3v) is 3.08. The standard InChI is InChI=1S/C13H15F4NO.ClH/c14-12(15)13(16,17)19-10-5-3-4-9(8-10)11-6-1-2-7-18-11;/h3-5,8,11-12,18H,1-2,6-7H2;1H/t11-;/m0./s1. The zero-order valence-corrected chi connectivity index (χ0v) is 11.4. The van der Waals surface area contributed by atoms with Crippen LogP contribution in [0.4, 0.5) is 17.6 Å². The predicted octanol–water partition coefficient (Wildman–Crippen LogP) is 4.16. The summed E-state index contributed by atoms with van der Waals surface area (Å²) in [7, 11) is 0. The largest absolute Gasteiger partial charge is 0.461 e. The number of hydrogen-bond acceptors (Lipinski definition) is 2. The first kappa shape index (κ1) is 17.0. The molecular formula is C13H16ClF4NO. The summed E-state index contributed by atoms with van der Waals surface area (Å²) in [6.07, 6.45) is -5.27. The average molecular weight is 314 g/mol. The summed E-state index contributed by atoms with van der Waals surface area (Å²) >= 11 is 0. The molecule has 20 heavy (non-hydrogen) atoms. The second-order valence-corrected chi connectivity index (χ2v) is 4.54. The van der Waals surface area contributed by atoms with Crippen LogP contribution in [0.25, 0.3) is 0 Å². The summed E-state index contributed by atoms with van der Waals surface area (Å²) in [6.45, 7) is 0.864. The molecule has 0 amide bonds. The van der Waals surface area contributed by atoms with Gasteiger partial charge in [-0.25, -0.2) is 0 Å². The van der Waals surface area contributed by atoms with Crippen LogP contribution in [0.2, 0.25) is 0 Å². The molecule has 114 valence electrons. The van der Waals surface area contributed by atoms with E-state index in [2.05, 4.69) is 10.1 Å². The monoisotopic (exact) mass is 313 g/mol. The van der Waals surface area contributed by atoms with Gasteiger partial charge in [-0.2, -0.15) is 17.6 Å². The molecule has 1 saturated heterocycles. The van der Waals surface area contributed by atoms with Crippen LogP contribution in [0.15, 0.2) is 24.3 Å². The minimum Gasteiger partial charge on any atom is -0.428 e. The molecule has 1 heterocycles. The second-order valence-electron chi connectivity index (χ2n) is 4.54. The number of alkyl halides is 4. The van der Waals surface area contributed by atoms with E-state index < -0.39 is 12.5 Å². The van der Waals surface area contributed by atoms with Crippen LogP contribution in [-0.2, 0) is 0 Å². The molecule has 0 radical (unpaired) electrons. The molecule has 0 unspecified atom stereocenters. The van der Waals surface area contributed by atoms with E-state index in [-0.39, 0.29) is 24.2 Å². The Labute approximate surface area is 120 Å². The van der Waals surface area contributed by atoms with Gasteiger partial charge in [0.2, 0.25) is 0 Å². The Kier molecular flexibility index (Phi) is 6.07. The quantitative estimate of drug-likeness (QED) is 0.843. The zero-order chi connectivity index (χ0) is 13.9. The molecule has 1 aliphatic heterocycles. The fourth-order valence-corrected chi connectivity index (χ4v) is 2.13. The number of ether oxygens (including phenoxy) is 1. The van der Waals surface area contributed by atoms with Crippen molar-refractivity contribution >= 4 is 12.4 Å². The van der Waals surface area contributed by atoms with Crippen LogP contribution in [0.1, 0.15) is 30.9 Å². The van der Waals surface area contributed by atoms with Crippen molar-refractivity contribution in [3.05, 3.63) is 29.8 Å². The second kappa shape index (κ2) is 7.13. The van der Waals surface area contributed by atoms with E-state index in [9.17, 15) is 17.6 Å². The number of halogens is 5. The molecule has 2 nitrogen and oxygen atoms in total. The molecule has 0 aromatic heterocycles. The van der Waals surface area contributed by atoms with Crippen LogP contribution >= 0.6 is 12.4 Å². The lowest BCUT2D eigenvalue weighted by atomic mass is 9.97. The van der Waals surface area contributed by atoms with Crippen LogP contribution in [0.3, 0.4) is 0 Å². The maximum atomic E-state index is 12.8. The molecule has 1 aromatic carbocycles. The smallest absolute Gasteiger partial charge is 0.428 e. The van der Waals surface area contributed by atoms with Crippen molar-refractivity contribution in [1.82, 2.24) is 5.32 Å². The molecule has 1 aromatic rings. The van der Waals surface area contributed by atoms with E-state index in [0.717, 1.165) is 31.4 Å². The van der Waals surface area contributed by atoms with E-state index in [0.29, 0.717) is 0 Å². The van der Waals surface area contributed by atoms with E-state index in [1.165, 1.54) is 18.2 Å². The van der Waals surface area contributed by atoms with Crippen molar-refractivity contribution in [3.8, 4) is 5.75 Å². The third kappa shape index (κ3) is 4.24. The number of hydrogen-bond donors (Lipinski definition) is 1. The zero-order valence-electron chi connectivity index (χ0n) is 10.6. The molecule has 0 spiro atoms. The van der Waals surface area contributed by atoms with Gasteiger partial charge in [0.15, 0.2) is 0 Å². The Morgan fingerprint density at radius 1 is 1.25 bits per heavy atom. The van der Waals surface area contributed by atoms with Gasteiger partial charge in [-0.15, -0.1) is 12.4 Å². The first-order valence-corrected chi connectivity index (χ1v) is 6.17. The van der Waals surface area contributed by atoms with Crippen LogP contribution in [-0.4, -0.2) is 19.1 Å². The number of nitrogens with one attached hydrogen (secondary N) is 1. The SMILES string of the molecule is Cl.FC(F)C(F)(F)Oc1cccc([C@@H]2CCCCN2)c1. The van der Waals surface area contributed by atoms with Gasteiger partial charge in [0.05, 0.1) is 0 Å². The van der Waals surface area contributed by atoms with Gasteiger partial charge < -0.3 is 10.1 Å². The molecule has 1 atom stereocenters. The summed E-state index contributed by atoms with van der Waals surface area (Å²) < 4.78 is 53.9. The molecular weight excluding hydrogens is 298 g/mol. The predicted molar refractivity (Wildman–Crippen MR) is 69.9 cm³/mol. The lowest BCUT2D eigenvalue weighted by molar-refractivity contribution is -0.253. The van der Waals surface area contributed by atoms with Crippen LogP contribution in [0, 0.1) is 0 Å². The Bertz CT molecular complexity index is 425. The summed E-state index contributed by atoms with van der Waals surface area (Å²) in [4.78, 5) is 0. The molecule has 0 bridgehead atoms. The van der Waals surface area contributed by atoms with Crippen molar-refractivity contribution in [1.29, 1.82) is 0 Å². The summed E-state index contributed by atoms with van der Waals surface area (Å²) in [6, 6.07) is 6.01. The van der Waals surface area contributed by atoms with Crippen LogP contribution < -0.4 is 10.1 Å². The van der Waals surface area contributed by atoms with Gasteiger partial charge in [-0.1, -0.05) is 18.6 Å². The fraction of sp³-hybridized carbons (Fsp3) is 0.538. The van der Waals surface area contributed by atoms with Gasteiger partial charge in [0, 0.05) is 6.04 Å². The molecule has 1 N–H and O–H groups in total. The molecule has 0 aliphatic carbocycles. The van der Waals surface area contributed by atoms with Gasteiger partial charge in [-0.05, 0) is 37.1 Å². The minimum atomic E-state index is -4.46. The van der Waals surface area contributed by atoms with Gasteiger partial charge in [0.25, 0.3) is 0 Å². The average Bonchev–Trinajstić information content (AvgIpc) is 2.39. The van der Waals surface area contributed by atoms with Crippen molar-refractivity contribution in [2.24, 2.45) is 0 Å². The highest BCUT2D eigenvalue weighted by Gasteiger charge is 2.44. The lowest BCUT2D eigenvalue weighted by Gasteiger charge is -2.24. The van der Waals surface area contributed by atoms with Crippen LogP contribution in [0.5, 0.6) is 5.75 Å². The number of piperidine rings is 1. The molecule has 1 fully saturated rings. The van der Waals surface area contributed by atoms with Gasteiger partial charge in [-0.3, -0.25) is 0 Å². The normalized spacial score (nSPS) is 19.6. The highest BCUT2D eigenvalue weighted by Crippen LogP contribution is 2.30. The number of benzene rings is 1. The Morgan fingerprint density at radius 3 is 2.60 bits per heavy atom. The van der Waals surface area contributed by atoms with Crippen molar-refractivity contribution < 1.29 is 22.3 Å². The summed E-state index contributed by atoms with van der Waals surface area (Å²) in [5.74, 6) is -0.241. The maximum Gasteiger partial charge on any atom is 0.461 e. The summed E-state index contributed by atoms with van der Waals surface area (Å²) in [5.41, 5.74) is 0.780. The highest BCUT2D eigenvalue weighted by molar-refractivity contribution is 5.85. The maximum absolute atomic E-state index is 12.8. The van der Waals surface area contributed by atoms with Crippen molar-refractivity contribution in [2.75, 3.05) is 6.54 Å². The van der Waals surface area contributed by atoms with E-state index in [1.54, 1.807) is 6.07 Å². The van der Waals surface area contributed by atoms with Gasteiger partial charge >= 0.3 is 12.5 Å². The minimum absolute atomic E-state index is 0. The lowest BCUT2D eigenvalue weighted by Crippen LogP contribution is -2.33. The first-order chi connectivity index (χ1) is 8.99. The van der Waals surface area contributed by atoms with Crippen molar-refractivity contribution in [2.45, 2.75) is 37.8 Å². The summed E-state index contributed by atoms with van der Waals surface area (Å²) in [5, 5.41) is 3.26. The highest BCUT2D eigenvalue weighted by atomic mass is 35.5. The topological polar surface area (TPSA) is 21.3 Å². The Morgan fingerprint density at radius 2 is 2.00 bits per heavy atom. The molecule has 7 heteroatoms.